The highest BCUT2D eigenvalue weighted by Gasteiger charge is 2.10. The second kappa shape index (κ2) is 8.53. The fraction of sp³-hybridized carbons (Fsp3) is 0.368. The Hall–Kier alpha value is -1.56. The molecule has 0 saturated heterocycles. The normalized spacial score (nSPS) is 16.1. The third-order valence-electron chi connectivity index (χ3n) is 3.56. The van der Waals surface area contributed by atoms with Gasteiger partial charge in [0.1, 0.15) is 0 Å². The Balaban J connectivity index is 2.29. The van der Waals surface area contributed by atoms with Crippen molar-refractivity contribution < 1.29 is 0 Å². The molecule has 0 N–H and O–H groups in total. The van der Waals surface area contributed by atoms with Gasteiger partial charge < -0.3 is 0 Å². The topological polar surface area (TPSA) is 0 Å². The lowest BCUT2D eigenvalue weighted by atomic mass is 10.1. The molecule has 0 amide bonds. The molecule has 0 heteroatoms. The molecule has 0 saturated carbocycles. The van der Waals surface area contributed by atoms with Gasteiger partial charge in [-0.1, -0.05) is 67.7 Å². The van der Waals surface area contributed by atoms with Gasteiger partial charge in [0.05, 0.1) is 0 Å². The minimum absolute atomic E-state index is 1.06. The van der Waals surface area contributed by atoms with Crippen LogP contribution in [0.3, 0.4) is 0 Å². The van der Waals surface area contributed by atoms with E-state index in [0.29, 0.717) is 0 Å². The van der Waals surface area contributed by atoms with Gasteiger partial charge >= 0.3 is 0 Å². The lowest BCUT2D eigenvalue weighted by molar-refractivity contribution is 0.817. The molecule has 0 aliphatic heterocycles. The van der Waals surface area contributed by atoms with Gasteiger partial charge in [0.15, 0.2) is 0 Å². The van der Waals surface area contributed by atoms with Crippen LogP contribution in [-0.4, -0.2) is 0 Å². The highest BCUT2D eigenvalue weighted by atomic mass is 14.2. The van der Waals surface area contributed by atoms with Crippen molar-refractivity contribution in [3.63, 3.8) is 0 Å². The molecule has 0 bridgehead atoms. The summed E-state index contributed by atoms with van der Waals surface area (Å²) in [6.45, 7) is 12.1. The average molecular weight is 254 g/mol. The van der Waals surface area contributed by atoms with Crippen LogP contribution in [0.25, 0.3) is 0 Å². The lowest BCUT2D eigenvalue weighted by Crippen LogP contribution is -1.81. The van der Waals surface area contributed by atoms with E-state index in [1.54, 1.807) is 0 Å². The predicted molar refractivity (Wildman–Crippen MR) is 87.2 cm³/mol. The molecule has 0 aromatic rings. The molecular formula is C19H26. The fourth-order valence-electron chi connectivity index (χ4n) is 2.14. The molecule has 19 heavy (non-hydrogen) atoms. The second-order valence-electron chi connectivity index (χ2n) is 5.06. The molecule has 0 fully saturated rings. The smallest absolute Gasteiger partial charge is 0.00580 e. The monoisotopic (exact) mass is 254 g/mol. The SMILES string of the molecule is C=CC1=C(C=C)CC(CCC/C=C\C=C(\C)CC)=C1. The Kier molecular flexibility index (Phi) is 6.95. The van der Waals surface area contributed by atoms with Crippen LogP contribution in [0.4, 0.5) is 0 Å². The van der Waals surface area contributed by atoms with E-state index in [-0.39, 0.29) is 0 Å². The summed E-state index contributed by atoms with van der Waals surface area (Å²) >= 11 is 0. The Bertz CT molecular complexity index is 439. The Morgan fingerprint density at radius 3 is 2.68 bits per heavy atom. The van der Waals surface area contributed by atoms with E-state index in [9.17, 15) is 0 Å². The fourth-order valence-corrected chi connectivity index (χ4v) is 2.14. The Labute approximate surface area is 118 Å². The minimum Gasteiger partial charge on any atom is -0.0988 e. The van der Waals surface area contributed by atoms with Crippen molar-refractivity contribution in [2.75, 3.05) is 0 Å². The summed E-state index contributed by atoms with van der Waals surface area (Å²) in [7, 11) is 0. The number of allylic oxidation sites excluding steroid dienone is 10. The molecule has 0 aromatic heterocycles. The summed E-state index contributed by atoms with van der Waals surface area (Å²) < 4.78 is 0. The van der Waals surface area contributed by atoms with E-state index >= 15 is 0 Å². The van der Waals surface area contributed by atoms with E-state index < -0.39 is 0 Å². The van der Waals surface area contributed by atoms with Gasteiger partial charge in [-0.25, -0.2) is 0 Å². The van der Waals surface area contributed by atoms with Crippen LogP contribution in [-0.2, 0) is 0 Å². The van der Waals surface area contributed by atoms with Crippen LogP contribution in [0.2, 0.25) is 0 Å². The summed E-state index contributed by atoms with van der Waals surface area (Å²) in [5, 5.41) is 0. The summed E-state index contributed by atoms with van der Waals surface area (Å²) in [5.41, 5.74) is 5.52. The number of rotatable bonds is 8. The molecule has 1 aliphatic rings. The van der Waals surface area contributed by atoms with Crippen molar-refractivity contribution >= 4 is 0 Å². The molecule has 0 aromatic carbocycles. The van der Waals surface area contributed by atoms with E-state index in [1.807, 2.05) is 12.2 Å². The molecule has 0 radical (unpaired) electrons. The van der Waals surface area contributed by atoms with Gasteiger partial charge in [-0.3, -0.25) is 0 Å². The largest absolute Gasteiger partial charge is 0.0988 e. The zero-order valence-electron chi connectivity index (χ0n) is 12.4. The number of hydrogen-bond donors (Lipinski definition) is 0. The van der Waals surface area contributed by atoms with Crippen molar-refractivity contribution in [3.05, 3.63) is 71.9 Å². The van der Waals surface area contributed by atoms with Crippen LogP contribution in [0, 0.1) is 0 Å². The maximum absolute atomic E-state index is 3.86. The first-order valence-corrected chi connectivity index (χ1v) is 7.21. The van der Waals surface area contributed by atoms with Crippen LogP contribution < -0.4 is 0 Å². The number of unbranched alkanes of at least 4 members (excludes halogenated alkanes) is 1. The lowest BCUT2D eigenvalue weighted by Gasteiger charge is -2.00. The molecule has 0 atom stereocenters. The summed E-state index contributed by atoms with van der Waals surface area (Å²) in [4.78, 5) is 0. The zero-order valence-corrected chi connectivity index (χ0v) is 12.4. The van der Waals surface area contributed by atoms with E-state index in [1.165, 1.54) is 35.1 Å². The summed E-state index contributed by atoms with van der Waals surface area (Å²) in [6, 6.07) is 0. The second-order valence-corrected chi connectivity index (χ2v) is 5.06. The first-order valence-electron chi connectivity index (χ1n) is 7.21. The van der Waals surface area contributed by atoms with Gasteiger partial charge in [-0.15, -0.1) is 0 Å². The maximum atomic E-state index is 3.86. The molecule has 1 rings (SSSR count). The van der Waals surface area contributed by atoms with Crippen LogP contribution in [0.5, 0.6) is 0 Å². The van der Waals surface area contributed by atoms with Gasteiger partial charge in [-0.05, 0) is 50.2 Å². The zero-order chi connectivity index (χ0) is 14.1. The standard InChI is InChI=1S/C19H26/c1-5-16(4)12-10-8-9-11-13-17-14-18(6-2)19(7-3)15-17/h6-8,10,12,14H,2-3,5,9,11,13,15H2,1,4H3/b10-8-,16-12-. The first kappa shape index (κ1) is 15.5. The summed E-state index contributed by atoms with van der Waals surface area (Å²) in [5.74, 6) is 0. The van der Waals surface area contributed by atoms with Crippen molar-refractivity contribution in [1.29, 1.82) is 0 Å². The molecular weight excluding hydrogens is 228 g/mol. The highest BCUT2D eigenvalue weighted by Crippen LogP contribution is 2.29. The van der Waals surface area contributed by atoms with Gasteiger partial charge in [0.2, 0.25) is 0 Å². The Morgan fingerprint density at radius 2 is 2.11 bits per heavy atom. The van der Waals surface area contributed by atoms with Crippen LogP contribution in [0.1, 0.15) is 46.0 Å². The quantitative estimate of drug-likeness (QED) is 0.364. The average Bonchev–Trinajstić information content (AvgIpc) is 2.84. The molecule has 0 heterocycles. The Morgan fingerprint density at radius 1 is 1.32 bits per heavy atom. The highest BCUT2D eigenvalue weighted by molar-refractivity contribution is 5.48. The van der Waals surface area contributed by atoms with Crippen LogP contribution in [0.15, 0.2) is 71.9 Å². The predicted octanol–water partition coefficient (Wildman–Crippen LogP) is 6.07. The van der Waals surface area contributed by atoms with E-state index in [2.05, 4.69) is 51.3 Å². The molecule has 0 nitrogen and oxygen atoms in total. The first-order chi connectivity index (χ1) is 9.21. The minimum atomic E-state index is 1.06. The van der Waals surface area contributed by atoms with Crippen LogP contribution >= 0.6 is 0 Å². The molecule has 0 spiro atoms. The van der Waals surface area contributed by atoms with Gasteiger partial charge in [-0.2, -0.15) is 0 Å². The van der Waals surface area contributed by atoms with Crippen molar-refractivity contribution in [1.82, 2.24) is 0 Å². The molecule has 102 valence electrons. The van der Waals surface area contributed by atoms with Crippen molar-refractivity contribution in [2.24, 2.45) is 0 Å². The third-order valence-corrected chi connectivity index (χ3v) is 3.56. The maximum Gasteiger partial charge on any atom is -0.00580 e. The van der Waals surface area contributed by atoms with Crippen molar-refractivity contribution in [2.45, 2.75) is 46.0 Å². The molecule has 0 unspecified atom stereocenters. The van der Waals surface area contributed by atoms with Gasteiger partial charge in [0.25, 0.3) is 0 Å². The van der Waals surface area contributed by atoms with Gasteiger partial charge in [0, 0.05) is 0 Å². The number of hydrogen-bond acceptors (Lipinski definition) is 0. The third kappa shape index (κ3) is 5.30. The van der Waals surface area contributed by atoms with Crippen molar-refractivity contribution in [3.8, 4) is 0 Å². The van der Waals surface area contributed by atoms with E-state index in [4.69, 9.17) is 0 Å². The van der Waals surface area contributed by atoms with E-state index in [0.717, 1.165) is 19.3 Å². The summed E-state index contributed by atoms with van der Waals surface area (Å²) in [6.07, 6.45) is 18.6. The molecule has 1 aliphatic carbocycles.